The lowest BCUT2D eigenvalue weighted by molar-refractivity contribution is 0.554. The Balaban J connectivity index is 2.31. The van der Waals surface area contributed by atoms with Crippen molar-refractivity contribution in [3.05, 3.63) is 67.9 Å². The van der Waals surface area contributed by atoms with Crippen LogP contribution >= 0.6 is 39.1 Å². The monoisotopic (exact) mass is 375 g/mol. The van der Waals surface area contributed by atoms with Crippen LogP contribution in [0.15, 0.2) is 40.9 Å². The second kappa shape index (κ2) is 6.90. The normalized spacial score (nSPS) is 12.4. The highest BCUT2D eigenvalue weighted by atomic mass is 79.9. The van der Waals surface area contributed by atoms with Crippen molar-refractivity contribution < 1.29 is 4.39 Å². The van der Waals surface area contributed by atoms with E-state index in [4.69, 9.17) is 23.2 Å². The highest BCUT2D eigenvalue weighted by Crippen LogP contribution is 2.29. The fourth-order valence-electron chi connectivity index (χ4n) is 2.07. The second-order valence-corrected chi connectivity index (χ2v) is 6.21. The van der Waals surface area contributed by atoms with Gasteiger partial charge in [-0.05, 0) is 54.9 Å². The molecule has 2 aromatic carbocycles. The first-order valence-electron chi connectivity index (χ1n) is 6.07. The van der Waals surface area contributed by atoms with Crippen LogP contribution in [-0.2, 0) is 6.42 Å². The molecule has 0 aliphatic rings. The Kier molecular flexibility index (Phi) is 5.44. The fourth-order valence-corrected chi connectivity index (χ4v) is 3.07. The standard InChI is InChI=1S/C15H13BrCl2FN/c1-20-15(12-4-2-10(16)8-13(12)18)7-9-6-11(17)3-5-14(9)19/h2-6,8,15,20H,7H2,1H3. The molecule has 106 valence electrons. The summed E-state index contributed by atoms with van der Waals surface area (Å²) in [5.74, 6) is -0.261. The van der Waals surface area contributed by atoms with E-state index in [-0.39, 0.29) is 11.9 Å². The molecule has 5 heteroatoms. The van der Waals surface area contributed by atoms with E-state index in [1.807, 2.05) is 25.2 Å². The molecule has 0 fully saturated rings. The molecule has 0 radical (unpaired) electrons. The Morgan fingerprint density at radius 3 is 2.60 bits per heavy atom. The Bertz CT molecular complexity index is 619. The van der Waals surface area contributed by atoms with Crippen LogP contribution in [0.25, 0.3) is 0 Å². The SMILES string of the molecule is CNC(Cc1cc(Cl)ccc1F)c1ccc(Br)cc1Cl. The summed E-state index contributed by atoms with van der Waals surface area (Å²) in [6.07, 6.45) is 0.476. The van der Waals surface area contributed by atoms with Gasteiger partial charge in [0.1, 0.15) is 5.82 Å². The van der Waals surface area contributed by atoms with Gasteiger partial charge >= 0.3 is 0 Å². The number of halogens is 4. The Morgan fingerprint density at radius 2 is 1.95 bits per heavy atom. The zero-order valence-electron chi connectivity index (χ0n) is 10.8. The van der Waals surface area contributed by atoms with Gasteiger partial charge in [0.15, 0.2) is 0 Å². The summed E-state index contributed by atoms with van der Waals surface area (Å²) in [6.45, 7) is 0. The van der Waals surface area contributed by atoms with Crippen LogP contribution in [0.1, 0.15) is 17.2 Å². The molecule has 20 heavy (non-hydrogen) atoms. The van der Waals surface area contributed by atoms with Gasteiger partial charge in [-0.25, -0.2) is 4.39 Å². The van der Waals surface area contributed by atoms with Crippen molar-refractivity contribution in [2.75, 3.05) is 7.05 Å². The van der Waals surface area contributed by atoms with Gasteiger partial charge in [0.25, 0.3) is 0 Å². The predicted octanol–water partition coefficient (Wildman–Crippen LogP) is 5.40. The number of rotatable bonds is 4. The molecule has 0 heterocycles. The highest BCUT2D eigenvalue weighted by molar-refractivity contribution is 9.10. The molecule has 1 atom stereocenters. The third-order valence-electron chi connectivity index (χ3n) is 3.12. The number of hydrogen-bond acceptors (Lipinski definition) is 1. The summed E-state index contributed by atoms with van der Waals surface area (Å²) in [5, 5.41) is 4.33. The first-order chi connectivity index (χ1) is 9.51. The van der Waals surface area contributed by atoms with Gasteiger partial charge < -0.3 is 5.32 Å². The molecule has 2 aromatic rings. The molecule has 0 spiro atoms. The van der Waals surface area contributed by atoms with E-state index < -0.39 is 0 Å². The van der Waals surface area contributed by atoms with E-state index in [1.165, 1.54) is 6.07 Å². The molecular formula is C15H13BrCl2FN. The number of nitrogens with one attached hydrogen (secondary N) is 1. The van der Waals surface area contributed by atoms with Crippen LogP contribution in [-0.4, -0.2) is 7.05 Å². The minimum atomic E-state index is -0.261. The van der Waals surface area contributed by atoms with Crippen molar-refractivity contribution in [3.8, 4) is 0 Å². The summed E-state index contributed by atoms with van der Waals surface area (Å²) in [7, 11) is 1.82. The largest absolute Gasteiger partial charge is 0.313 e. The summed E-state index contributed by atoms with van der Waals surface area (Å²) < 4.78 is 14.7. The van der Waals surface area contributed by atoms with Crippen LogP contribution in [0.5, 0.6) is 0 Å². The molecule has 0 amide bonds. The topological polar surface area (TPSA) is 12.0 Å². The van der Waals surface area contributed by atoms with E-state index in [0.29, 0.717) is 22.0 Å². The molecule has 1 N–H and O–H groups in total. The Labute approximate surface area is 136 Å². The third-order valence-corrected chi connectivity index (χ3v) is 4.17. The molecule has 0 bridgehead atoms. The van der Waals surface area contributed by atoms with Crippen molar-refractivity contribution in [3.63, 3.8) is 0 Å². The molecule has 0 aliphatic carbocycles. The zero-order valence-corrected chi connectivity index (χ0v) is 13.9. The van der Waals surface area contributed by atoms with Crippen LogP contribution < -0.4 is 5.32 Å². The molecule has 0 aromatic heterocycles. The molecular weight excluding hydrogens is 364 g/mol. The van der Waals surface area contributed by atoms with Crippen molar-refractivity contribution in [1.82, 2.24) is 5.32 Å². The van der Waals surface area contributed by atoms with Gasteiger partial charge in [-0.15, -0.1) is 0 Å². The molecule has 2 rings (SSSR count). The van der Waals surface area contributed by atoms with E-state index in [9.17, 15) is 4.39 Å². The molecule has 0 saturated carbocycles. The van der Waals surface area contributed by atoms with Crippen LogP contribution in [0.2, 0.25) is 10.0 Å². The molecule has 1 nitrogen and oxygen atoms in total. The van der Waals surface area contributed by atoms with Crippen molar-refractivity contribution >= 4 is 39.1 Å². The fraction of sp³-hybridized carbons (Fsp3) is 0.200. The van der Waals surface area contributed by atoms with Gasteiger partial charge in [-0.1, -0.05) is 45.2 Å². The lowest BCUT2D eigenvalue weighted by Crippen LogP contribution is -2.19. The minimum absolute atomic E-state index is 0.0800. The van der Waals surface area contributed by atoms with E-state index in [1.54, 1.807) is 12.1 Å². The average molecular weight is 377 g/mol. The maximum absolute atomic E-state index is 13.8. The molecule has 0 aliphatic heterocycles. The first kappa shape index (κ1) is 15.8. The lowest BCUT2D eigenvalue weighted by atomic mass is 9.98. The number of likely N-dealkylation sites (N-methyl/N-ethyl adjacent to an activating group) is 1. The van der Waals surface area contributed by atoms with E-state index in [0.717, 1.165) is 10.0 Å². The number of benzene rings is 2. The third kappa shape index (κ3) is 3.73. The summed E-state index contributed by atoms with van der Waals surface area (Å²) in [5.41, 5.74) is 1.49. The van der Waals surface area contributed by atoms with Crippen LogP contribution in [0.4, 0.5) is 4.39 Å². The van der Waals surface area contributed by atoms with E-state index in [2.05, 4.69) is 21.2 Å². The second-order valence-electron chi connectivity index (χ2n) is 4.45. The number of hydrogen-bond donors (Lipinski definition) is 1. The smallest absolute Gasteiger partial charge is 0.126 e. The average Bonchev–Trinajstić information content (AvgIpc) is 2.40. The zero-order chi connectivity index (χ0) is 14.7. The minimum Gasteiger partial charge on any atom is -0.313 e. The summed E-state index contributed by atoms with van der Waals surface area (Å²) in [4.78, 5) is 0. The van der Waals surface area contributed by atoms with Crippen molar-refractivity contribution in [2.24, 2.45) is 0 Å². The first-order valence-corrected chi connectivity index (χ1v) is 7.62. The molecule has 0 saturated heterocycles. The van der Waals surface area contributed by atoms with Gasteiger partial charge in [0, 0.05) is 20.6 Å². The highest BCUT2D eigenvalue weighted by Gasteiger charge is 2.16. The predicted molar refractivity (Wildman–Crippen MR) is 86.1 cm³/mol. The van der Waals surface area contributed by atoms with E-state index >= 15 is 0 Å². The molecule has 1 unspecified atom stereocenters. The van der Waals surface area contributed by atoms with Gasteiger partial charge in [-0.2, -0.15) is 0 Å². The van der Waals surface area contributed by atoms with Crippen molar-refractivity contribution in [1.29, 1.82) is 0 Å². The van der Waals surface area contributed by atoms with Gasteiger partial charge in [0.2, 0.25) is 0 Å². The maximum Gasteiger partial charge on any atom is 0.126 e. The quantitative estimate of drug-likeness (QED) is 0.753. The Morgan fingerprint density at radius 1 is 1.20 bits per heavy atom. The van der Waals surface area contributed by atoms with Crippen LogP contribution in [0.3, 0.4) is 0 Å². The maximum atomic E-state index is 13.8. The summed E-state index contributed by atoms with van der Waals surface area (Å²) in [6, 6.07) is 10.2. The lowest BCUT2D eigenvalue weighted by Gasteiger charge is -2.19. The van der Waals surface area contributed by atoms with Gasteiger partial charge in [0.05, 0.1) is 0 Å². The van der Waals surface area contributed by atoms with Gasteiger partial charge in [-0.3, -0.25) is 0 Å². The Hall–Kier alpha value is -0.610. The van der Waals surface area contributed by atoms with Crippen molar-refractivity contribution in [2.45, 2.75) is 12.5 Å². The van der Waals surface area contributed by atoms with Crippen LogP contribution in [0, 0.1) is 5.82 Å². The summed E-state index contributed by atoms with van der Waals surface area (Å²) >= 11 is 15.5.